The molecule has 3 nitrogen and oxygen atoms in total. The summed E-state index contributed by atoms with van der Waals surface area (Å²) in [5.74, 6) is -0.0419. The number of pyridine rings is 1. The first kappa shape index (κ1) is 11.0. The lowest BCUT2D eigenvalue weighted by Crippen LogP contribution is -2.27. The van der Waals surface area contributed by atoms with Crippen LogP contribution in [0.1, 0.15) is 20.8 Å². The number of nitrogens with zero attached hydrogens (tertiary/aromatic N) is 1. The summed E-state index contributed by atoms with van der Waals surface area (Å²) in [5, 5.41) is 3.13. The molecular formula is C10H13ClN2O. The maximum atomic E-state index is 11.6. The van der Waals surface area contributed by atoms with E-state index in [0.29, 0.717) is 10.8 Å². The third-order valence-electron chi connectivity index (χ3n) is 1.67. The molecule has 0 saturated heterocycles. The second kappa shape index (κ2) is 3.96. The molecule has 0 bridgehead atoms. The van der Waals surface area contributed by atoms with Gasteiger partial charge in [0.2, 0.25) is 5.91 Å². The molecule has 1 aromatic heterocycles. The summed E-state index contributed by atoms with van der Waals surface area (Å²) in [4.78, 5) is 15.4. The van der Waals surface area contributed by atoms with Gasteiger partial charge in [-0.3, -0.25) is 4.79 Å². The Hall–Kier alpha value is -1.09. The normalized spacial score (nSPS) is 11.1. The van der Waals surface area contributed by atoms with Crippen molar-refractivity contribution in [3.63, 3.8) is 0 Å². The topological polar surface area (TPSA) is 42.0 Å². The van der Waals surface area contributed by atoms with Crippen LogP contribution in [0.2, 0.25) is 5.15 Å². The summed E-state index contributed by atoms with van der Waals surface area (Å²) in [6.45, 7) is 5.56. The lowest BCUT2D eigenvalue weighted by Gasteiger charge is -2.17. The highest BCUT2D eigenvalue weighted by Gasteiger charge is 2.21. The van der Waals surface area contributed by atoms with Crippen LogP contribution < -0.4 is 5.32 Å². The number of nitrogens with one attached hydrogen (secondary N) is 1. The van der Waals surface area contributed by atoms with Crippen LogP contribution in [0.25, 0.3) is 0 Å². The third-order valence-corrected chi connectivity index (χ3v) is 1.87. The molecule has 0 radical (unpaired) electrons. The highest BCUT2D eigenvalue weighted by molar-refractivity contribution is 6.29. The van der Waals surface area contributed by atoms with Gasteiger partial charge in [-0.2, -0.15) is 0 Å². The number of carbonyl (C=O) groups is 1. The van der Waals surface area contributed by atoms with Crippen LogP contribution >= 0.6 is 11.6 Å². The van der Waals surface area contributed by atoms with E-state index in [9.17, 15) is 4.79 Å². The molecule has 0 aromatic carbocycles. The Morgan fingerprint density at radius 2 is 2.14 bits per heavy atom. The van der Waals surface area contributed by atoms with Crippen LogP contribution in [0, 0.1) is 5.41 Å². The molecule has 0 fully saturated rings. The molecule has 0 aliphatic rings. The van der Waals surface area contributed by atoms with E-state index in [1.165, 1.54) is 0 Å². The van der Waals surface area contributed by atoms with Crippen molar-refractivity contribution in [2.45, 2.75) is 20.8 Å². The third kappa shape index (κ3) is 3.00. The van der Waals surface area contributed by atoms with Crippen molar-refractivity contribution in [1.82, 2.24) is 4.98 Å². The molecule has 1 aromatic rings. The molecule has 0 saturated carbocycles. The van der Waals surface area contributed by atoms with Gasteiger partial charge in [0.1, 0.15) is 5.15 Å². The summed E-state index contributed by atoms with van der Waals surface area (Å²) in [6.07, 6.45) is 1.56. The van der Waals surface area contributed by atoms with Crippen molar-refractivity contribution >= 4 is 23.2 Å². The summed E-state index contributed by atoms with van der Waals surface area (Å²) in [6, 6.07) is 3.32. The van der Waals surface area contributed by atoms with Gasteiger partial charge in [0.25, 0.3) is 0 Å². The Labute approximate surface area is 88.5 Å². The summed E-state index contributed by atoms with van der Waals surface area (Å²) >= 11 is 5.68. The number of hydrogen-bond donors (Lipinski definition) is 1. The van der Waals surface area contributed by atoms with E-state index in [1.807, 2.05) is 20.8 Å². The van der Waals surface area contributed by atoms with Crippen molar-refractivity contribution in [3.8, 4) is 0 Å². The van der Waals surface area contributed by atoms with Gasteiger partial charge >= 0.3 is 0 Å². The maximum absolute atomic E-state index is 11.6. The predicted molar refractivity (Wildman–Crippen MR) is 57.3 cm³/mol. The Bertz CT molecular complexity index is 344. The van der Waals surface area contributed by atoms with E-state index in [0.717, 1.165) is 0 Å². The molecule has 0 aliphatic carbocycles. The monoisotopic (exact) mass is 212 g/mol. The zero-order valence-corrected chi connectivity index (χ0v) is 9.22. The number of amides is 1. The van der Waals surface area contributed by atoms with E-state index in [1.54, 1.807) is 18.3 Å². The van der Waals surface area contributed by atoms with E-state index in [-0.39, 0.29) is 5.91 Å². The van der Waals surface area contributed by atoms with E-state index in [4.69, 9.17) is 11.6 Å². The Morgan fingerprint density at radius 1 is 1.50 bits per heavy atom. The van der Waals surface area contributed by atoms with Gasteiger partial charge in [-0.05, 0) is 12.1 Å². The van der Waals surface area contributed by atoms with Crippen molar-refractivity contribution in [2.75, 3.05) is 5.32 Å². The van der Waals surface area contributed by atoms with Gasteiger partial charge in [0.05, 0.1) is 0 Å². The molecule has 1 heterocycles. The van der Waals surface area contributed by atoms with E-state index < -0.39 is 5.41 Å². The molecule has 0 atom stereocenters. The fraction of sp³-hybridized carbons (Fsp3) is 0.400. The van der Waals surface area contributed by atoms with Crippen molar-refractivity contribution in [1.29, 1.82) is 0 Å². The summed E-state index contributed by atoms with van der Waals surface area (Å²) in [7, 11) is 0. The molecule has 0 spiro atoms. The molecule has 1 rings (SSSR count). The van der Waals surface area contributed by atoms with Crippen molar-refractivity contribution in [2.24, 2.45) is 5.41 Å². The molecule has 14 heavy (non-hydrogen) atoms. The van der Waals surface area contributed by atoms with Gasteiger partial charge in [0, 0.05) is 17.3 Å². The first-order valence-corrected chi connectivity index (χ1v) is 4.70. The fourth-order valence-electron chi connectivity index (χ4n) is 0.799. The van der Waals surface area contributed by atoms with Crippen LogP contribution in [-0.4, -0.2) is 10.9 Å². The van der Waals surface area contributed by atoms with Gasteiger partial charge in [-0.15, -0.1) is 0 Å². The first-order valence-electron chi connectivity index (χ1n) is 4.32. The highest BCUT2D eigenvalue weighted by Crippen LogP contribution is 2.18. The zero-order chi connectivity index (χ0) is 10.8. The lowest BCUT2D eigenvalue weighted by atomic mass is 9.95. The van der Waals surface area contributed by atoms with Crippen LogP contribution in [0.15, 0.2) is 18.3 Å². The Kier molecular flexibility index (Phi) is 3.11. The number of hydrogen-bond acceptors (Lipinski definition) is 2. The van der Waals surface area contributed by atoms with Crippen LogP contribution in [0.3, 0.4) is 0 Å². The maximum Gasteiger partial charge on any atom is 0.229 e. The molecule has 1 amide bonds. The first-order chi connectivity index (χ1) is 6.39. The Balaban J connectivity index is 2.75. The minimum absolute atomic E-state index is 0.0419. The van der Waals surface area contributed by atoms with Crippen LogP contribution in [0.4, 0.5) is 5.69 Å². The number of anilines is 1. The predicted octanol–water partition coefficient (Wildman–Crippen LogP) is 2.72. The Morgan fingerprint density at radius 3 is 2.64 bits per heavy atom. The average molecular weight is 213 g/mol. The van der Waals surface area contributed by atoms with E-state index >= 15 is 0 Å². The molecule has 0 aliphatic heterocycles. The lowest BCUT2D eigenvalue weighted by molar-refractivity contribution is -0.123. The molecular weight excluding hydrogens is 200 g/mol. The molecule has 1 N–H and O–H groups in total. The summed E-state index contributed by atoms with van der Waals surface area (Å²) in [5.41, 5.74) is 0.264. The smallest absolute Gasteiger partial charge is 0.229 e. The minimum Gasteiger partial charge on any atom is -0.325 e. The van der Waals surface area contributed by atoms with Gasteiger partial charge < -0.3 is 5.32 Å². The van der Waals surface area contributed by atoms with Gasteiger partial charge in [0.15, 0.2) is 0 Å². The van der Waals surface area contributed by atoms with Crippen LogP contribution in [-0.2, 0) is 4.79 Å². The van der Waals surface area contributed by atoms with Crippen molar-refractivity contribution in [3.05, 3.63) is 23.5 Å². The fourth-order valence-corrected chi connectivity index (χ4v) is 0.973. The number of carbonyl (C=O) groups excluding carboxylic acids is 1. The van der Waals surface area contributed by atoms with Gasteiger partial charge in [-0.1, -0.05) is 32.4 Å². The number of halogens is 1. The zero-order valence-electron chi connectivity index (χ0n) is 8.47. The van der Waals surface area contributed by atoms with E-state index in [2.05, 4.69) is 10.3 Å². The second-order valence-electron chi connectivity index (χ2n) is 4.07. The molecule has 4 heteroatoms. The average Bonchev–Trinajstić information content (AvgIpc) is 2.02. The number of rotatable bonds is 1. The quantitative estimate of drug-likeness (QED) is 0.728. The van der Waals surface area contributed by atoms with Crippen molar-refractivity contribution < 1.29 is 4.79 Å². The summed E-state index contributed by atoms with van der Waals surface area (Å²) < 4.78 is 0. The van der Waals surface area contributed by atoms with Crippen LogP contribution in [0.5, 0.6) is 0 Å². The largest absolute Gasteiger partial charge is 0.325 e. The van der Waals surface area contributed by atoms with Gasteiger partial charge in [-0.25, -0.2) is 4.98 Å². The minimum atomic E-state index is -0.407. The number of aromatic nitrogens is 1. The standard InChI is InChI=1S/C10H13ClN2O/c1-10(2,3)9(14)13-7-4-5-12-8(11)6-7/h4-6H,1-3H3,(H,12,13,14). The second-order valence-corrected chi connectivity index (χ2v) is 4.46. The molecule has 0 unspecified atom stereocenters. The highest BCUT2D eigenvalue weighted by atomic mass is 35.5. The SMILES string of the molecule is CC(C)(C)C(=O)Nc1ccnc(Cl)c1. The molecule has 76 valence electrons.